The van der Waals surface area contributed by atoms with E-state index in [0.29, 0.717) is 56.7 Å². The highest BCUT2D eigenvalue weighted by Crippen LogP contribution is 2.36. The number of benzene rings is 2. The Balaban J connectivity index is 1.68. The highest BCUT2D eigenvalue weighted by molar-refractivity contribution is 6.01. The largest absolute Gasteiger partial charge is 0.494 e. The van der Waals surface area contributed by atoms with Gasteiger partial charge in [-0.3, -0.25) is 4.79 Å². The summed E-state index contributed by atoms with van der Waals surface area (Å²) < 4.78 is 17.2. The Morgan fingerprint density at radius 1 is 1.26 bits per heavy atom. The van der Waals surface area contributed by atoms with Crippen LogP contribution in [0.25, 0.3) is 10.4 Å². The van der Waals surface area contributed by atoms with Gasteiger partial charge in [0, 0.05) is 48.7 Å². The number of hydrogen-bond donors (Lipinski definition) is 1. The van der Waals surface area contributed by atoms with Crippen LogP contribution in [0.15, 0.2) is 58.6 Å². The van der Waals surface area contributed by atoms with E-state index >= 15 is 0 Å². The number of carbonyl (C=O) groups is 1. The minimum Gasteiger partial charge on any atom is -0.494 e. The second-order valence-corrected chi connectivity index (χ2v) is 8.45. The third-order valence-electron chi connectivity index (χ3n) is 6.21. The number of amides is 1. The van der Waals surface area contributed by atoms with Crippen LogP contribution in [0.2, 0.25) is 0 Å². The molecule has 184 valence electrons. The number of aliphatic hydroxyl groups is 1. The molecule has 2 aromatic carbocycles. The Kier molecular flexibility index (Phi) is 7.87. The predicted molar refractivity (Wildman–Crippen MR) is 130 cm³/mol. The molecule has 0 aliphatic carbocycles. The maximum Gasteiger partial charge on any atom is 0.255 e. The van der Waals surface area contributed by atoms with Crippen molar-refractivity contribution in [3.63, 3.8) is 0 Å². The minimum absolute atomic E-state index is 0.0721. The van der Waals surface area contributed by atoms with Gasteiger partial charge in [0.2, 0.25) is 5.90 Å². The number of azide groups is 1. The summed E-state index contributed by atoms with van der Waals surface area (Å²) in [5.74, 6) is 0.915. The molecule has 10 heteroatoms. The molecule has 0 saturated carbocycles. The first-order chi connectivity index (χ1) is 17.1. The molecular weight excluding hydrogens is 450 g/mol. The molecule has 4 rings (SSSR count). The molecule has 0 spiro atoms. The molecule has 0 bridgehead atoms. The Labute approximate surface area is 203 Å². The number of aliphatic hydroxyl groups excluding tert-OH is 1. The van der Waals surface area contributed by atoms with E-state index in [1.54, 1.807) is 17.0 Å². The molecule has 2 atom stereocenters. The first kappa shape index (κ1) is 24.5. The van der Waals surface area contributed by atoms with E-state index in [0.717, 1.165) is 11.1 Å². The number of rotatable bonds is 9. The maximum atomic E-state index is 13.9. The molecule has 1 saturated heterocycles. The highest BCUT2D eigenvalue weighted by atomic mass is 16.5. The van der Waals surface area contributed by atoms with E-state index in [2.05, 4.69) is 10.0 Å². The van der Waals surface area contributed by atoms with E-state index < -0.39 is 11.6 Å². The average molecular weight is 480 g/mol. The number of nitrogens with zero attached hydrogens (tertiary/aromatic N) is 5. The van der Waals surface area contributed by atoms with Gasteiger partial charge in [-0.15, -0.1) is 0 Å². The van der Waals surface area contributed by atoms with Crippen LogP contribution in [-0.2, 0) is 20.7 Å². The van der Waals surface area contributed by atoms with Gasteiger partial charge in [0.25, 0.3) is 5.91 Å². The fourth-order valence-corrected chi connectivity index (χ4v) is 4.26. The van der Waals surface area contributed by atoms with Gasteiger partial charge in [-0.05, 0) is 42.3 Å². The lowest BCUT2D eigenvalue weighted by molar-refractivity contribution is -0.143. The quantitative estimate of drug-likeness (QED) is 0.255. The molecule has 2 aliphatic heterocycles. The number of aliphatic imine (C=N–C) groups is 1. The zero-order valence-electron chi connectivity index (χ0n) is 19.7. The first-order valence-corrected chi connectivity index (χ1v) is 11.7. The monoisotopic (exact) mass is 479 g/mol. The lowest BCUT2D eigenvalue weighted by Gasteiger charge is -2.36. The summed E-state index contributed by atoms with van der Waals surface area (Å²) in [5.41, 5.74) is 9.70. The van der Waals surface area contributed by atoms with Gasteiger partial charge >= 0.3 is 0 Å². The van der Waals surface area contributed by atoms with Gasteiger partial charge in [0.1, 0.15) is 11.9 Å². The van der Waals surface area contributed by atoms with E-state index in [1.165, 1.54) is 0 Å². The molecule has 1 amide bonds. The maximum absolute atomic E-state index is 13.9. The summed E-state index contributed by atoms with van der Waals surface area (Å²) in [6, 6.07) is 14.5. The number of ether oxygens (including phenoxy) is 3. The summed E-state index contributed by atoms with van der Waals surface area (Å²) in [5, 5.41) is 12.7. The summed E-state index contributed by atoms with van der Waals surface area (Å²) in [6.45, 7) is 4.25. The Bertz CT molecular complexity index is 1110. The third-order valence-corrected chi connectivity index (χ3v) is 6.21. The molecule has 2 aromatic rings. The van der Waals surface area contributed by atoms with Crippen molar-refractivity contribution in [1.82, 2.24) is 4.90 Å². The molecule has 0 radical (unpaired) electrons. The number of carbonyl (C=O) groups excluding carboxylic acids is 1. The number of morpholine rings is 1. The second kappa shape index (κ2) is 11.2. The van der Waals surface area contributed by atoms with Gasteiger partial charge in [0.15, 0.2) is 5.54 Å². The summed E-state index contributed by atoms with van der Waals surface area (Å²) in [6.07, 6.45) is 0.233. The molecule has 2 aliphatic rings. The van der Waals surface area contributed by atoms with Crippen molar-refractivity contribution >= 4 is 17.5 Å². The third kappa shape index (κ3) is 5.40. The zero-order valence-corrected chi connectivity index (χ0v) is 19.7. The van der Waals surface area contributed by atoms with Gasteiger partial charge in [0.05, 0.1) is 19.8 Å². The van der Waals surface area contributed by atoms with Crippen LogP contribution < -0.4 is 4.74 Å². The summed E-state index contributed by atoms with van der Waals surface area (Å²) >= 11 is 0. The molecule has 0 aromatic heterocycles. The second-order valence-electron chi connectivity index (χ2n) is 8.45. The average Bonchev–Trinajstić information content (AvgIpc) is 3.22. The zero-order chi connectivity index (χ0) is 24.7. The van der Waals surface area contributed by atoms with Gasteiger partial charge < -0.3 is 24.2 Å². The molecule has 0 unspecified atom stereocenters. The predicted octanol–water partition coefficient (Wildman–Crippen LogP) is 3.40. The minimum atomic E-state index is -1.22. The fourth-order valence-electron chi connectivity index (χ4n) is 4.26. The standard InChI is InChI=1S/C25H29N5O5/c1-18-25(24(32)30-11-15-33-16-12-30,17-20-5-2-3-6-22(20)28-29-26)27-23(35-18)19-7-9-21(10-8-19)34-14-4-13-31/h2-3,5-10,18,31H,4,11-17H2,1H3/t18-,25-/m1/s1. The molecule has 35 heavy (non-hydrogen) atoms. The van der Waals surface area contributed by atoms with Crippen molar-refractivity contribution < 1.29 is 24.1 Å². The van der Waals surface area contributed by atoms with Crippen molar-refractivity contribution in [3.8, 4) is 5.75 Å². The number of hydrogen-bond acceptors (Lipinski definition) is 7. The van der Waals surface area contributed by atoms with E-state index in [9.17, 15) is 4.79 Å². The van der Waals surface area contributed by atoms with E-state index in [1.807, 2.05) is 43.3 Å². The fraction of sp³-hybridized carbons (Fsp3) is 0.440. The van der Waals surface area contributed by atoms with Crippen LogP contribution in [0.1, 0.15) is 24.5 Å². The Hall–Kier alpha value is -3.59. The van der Waals surface area contributed by atoms with Crippen molar-refractivity contribution in [2.45, 2.75) is 31.4 Å². The van der Waals surface area contributed by atoms with Crippen LogP contribution in [0.4, 0.5) is 5.69 Å². The summed E-state index contributed by atoms with van der Waals surface area (Å²) in [7, 11) is 0. The Morgan fingerprint density at radius 2 is 2.00 bits per heavy atom. The van der Waals surface area contributed by atoms with Crippen molar-refractivity contribution in [2.24, 2.45) is 10.1 Å². The Morgan fingerprint density at radius 3 is 2.71 bits per heavy atom. The lowest BCUT2D eigenvalue weighted by atomic mass is 9.84. The van der Waals surface area contributed by atoms with Crippen molar-refractivity contribution in [3.05, 3.63) is 70.1 Å². The first-order valence-electron chi connectivity index (χ1n) is 11.7. The van der Waals surface area contributed by atoms with Crippen molar-refractivity contribution in [1.29, 1.82) is 0 Å². The smallest absolute Gasteiger partial charge is 0.255 e. The molecule has 1 fully saturated rings. The van der Waals surface area contributed by atoms with Crippen LogP contribution in [0, 0.1) is 0 Å². The van der Waals surface area contributed by atoms with Crippen LogP contribution in [-0.4, -0.2) is 73.0 Å². The summed E-state index contributed by atoms with van der Waals surface area (Å²) in [4.78, 5) is 23.5. The lowest BCUT2D eigenvalue weighted by Crippen LogP contribution is -2.56. The van der Waals surface area contributed by atoms with Crippen LogP contribution >= 0.6 is 0 Å². The molecular formula is C25H29N5O5. The van der Waals surface area contributed by atoms with Gasteiger partial charge in [-0.2, -0.15) is 0 Å². The molecule has 1 N–H and O–H groups in total. The SMILES string of the molecule is C[C@H]1OC(c2ccc(OCCCO)cc2)=N[C@@]1(Cc1ccccc1N=[N+]=[N-])C(=O)N1CCOCC1. The van der Waals surface area contributed by atoms with E-state index in [4.69, 9.17) is 29.8 Å². The van der Waals surface area contributed by atoms with E-state index in [-0.39, 0.29) is 18.9 Å². The van der Waals surface area contributed by atoms with Crippen LogP contribution in [0.3, 0.4) is 0 Å². The molecule has 2 heterocycles. The topological polar surface area (TPSA) is 129 Å². The normalized spacial score (nSPS) is 21.6. The van der Waals surface area contributed by atoms with Gasteiger partial charge in [-0.25, -0.2) is 4.99 Å². The van der Waals surface area contributed by atoms with Crippen LogP contribution in [0.5, 0.6) is 5.75 Å². The van der Waals surface area contributed by atoms with Crippen molar-refractivity contribution in [2.75, 3.05) is 39.5 Å². The highest BCUT2D eigenvalue weighted by Gasteiger charge is 2.52. The van der Waals surface area contributed by atoms with Gasteiger partial charge in [-0.1, -0.05) is 29.4 Å². The molecule has 10 nitrogen and oxygen atoms in total.